The van der Waals surface area contributed by atoms with E-state index in [-0.39, 0.29) is 11.3 Å². The van der Waals surface area contributed by atoms with Gasteiger partial charge in [-0.3, -0.25) is 4.79 Å². The molecule has 1 aromatic rings. The Kier molecular flexibility index (Phi) is 2.91. The van der Waals surface area contributed by atoms with E-state index in [0.717, 1.165) is 0 Å². The normalized spacial score (nSPS) is 9.86. The fourth-order valence-electron chi connectivity index (χ4n) is 1.31. The number of carbonyl (C=O) groups is 1. The molecule has 0 aliphatic rings. The first-order valence-electron chi connectivity index (χ1n) is 4.13. The molecule has 0 radical (unpaired) electrons. The van der Waals surface area contributed by atoms with Crippen LogP contribution < -0.4 is 10.3 Å². The smallest absolute Gasteiger partial charge is 0.337 e. The first kappa shape index (κ1) is 10.3. The molecule has 0 aliphatic carbocycles. The Morgan fingerprint density at radius 2 is 2.29 bits per heavy atom. The fraction of sp³-hybridized carbons (Fsp3) is 0.333. The van der Waals surface area contributed by atoms with Crippen molar-refractivity contribution in [1.29, 1.82) is 0 Å². The van der Waals surface area contributed by atoms with Crippen LogP contribution in [0, 0.1) is 0 Å². The molecule has 1 heterocycles. The standard InChI is InChI=1S/C9H11NO4/c1-3-5-6(9(12)13)4-10-8(11)7(5)14-2/h4H,3H2,1-2H3,(H,10,11)(H,12,13). The molecule has 0 aliphatic heterocycles. The fourth-order valence-corrected chi connectivity index (χ4v) is 1.31. The molecule has 14 heavy (non-hydrogen) atoms. The van der Waals surface area contributed by atoms with Crippen molar-refractivity contribution in [3.63, 3.8) is 0 Å². The third kappa shape index (κ3) is 1.61. The summed E-state index contributed by atoms with van der Waals surface area (Å²) in [5, 5.41) is 8.83. The zero-order valence-electron chi connectivity index (χ0n) is 7.96. The number of carboxylic acid groups (broad SMARTS) is 1. The minimum atomic E-state index is -1.07. The van der Waals surface area contributed by atoms with E-state index in [1.807, 2.05) is 0 Å². The number of methoxy groups -OCH3 is 1. The minimum absolute atomic E-state index is 0.0731. The second kappa shape index (κ2) is 3.95. The largest absolute Gasteiger partial charge is 0.491 e. The Morgan fingerprint density at radius 3 is 2.71 bits per heavy atom. The highest BCUT2D eigenvalue weighted by atomic mass is 16.5. The Labute approximate surface area is 80.3 Å². The molecule has 0 saturated carbocycles. The van der Waals surface area contributed by atoms with Crippen molar-refractivity contribution < 1.29 is 14.6 Å². The number of pyridine rings is 1. The lowest BCUT2D eigenvalue weighted by Crippen LogP contribution is -2.15. The lowest BCUT2D eigenvalue weighted by Gasteiger charge is -2.07. The Hall–Kier alpha value is -1.78. The first-order valence-corrected chi connectivity index (χ1v) is 4.13. The van der Waals surface area contributed by atoms with Gasteiger partial charge in [-0.25, -0.2) is 4.79 Å². The molecule has 2 N–H and O–H groups in total. The number of rotatable bonds is 3. The number of aromatic carboxylic acids is 1. The number of hydrogen-bond donors (Lipinski definition) is 2. The van der Waals surface area contributed by atoms with Gasteiger partial charge in [0, 0.05) is 11.8 Å². The Balaban J connectivity index is 3.48. The summed E-state index contributed by atoms with van der Waals surface area (Å²) in [6, 6.07) is 0. The predicted molar refractivity (Wildman–Crippen MR) is 50.0 cm³/mol. The highest BCUT2D eigenvalue weighted by Gasteiger charge is 2.15. The molecule has 1 rings (SSSR count). The summed E-state index contributed by atoms with van der Waals surface area (Å²) in [5.74, 6) is -0.996. The second-order valence-corrected chi connectivity index (χ2v) is 2.70. The minimum Gasteiger partial charge on any atom is -0.491 e. The van der Waals surface area contributed by atoms with Crippen molar-refractivity contribution in [3.05, 3.63) is 27.7 Å². The molecular weight excluding hydrogens is 186 g/mol. The monoisotopic (exact) mass is 197 g/mol. The molecule has 5 nitrogen and oxygen atoms in total. The highest BCUT2D eigenvalue weighted by Crippen LogP contribution is 2.17. The molecule has 0 bridgehead atoms. The highest BCUT2D eigenvalue weighted by molar-refractivity contribution is 5.89. The summed E-state index contributed by atoms with van der Waals surface area (Å²) in [6.07, 6.45) is 1.63. The Bertz CT molecular complexity index is 408. The van der Waals surface area contributed by atoms with Crippen LogP contribution in [-0.4, -0.2) is 23.2 Å². The van der Waals surface area contributed by atoms with Crippen molar-refractivity contribution in [1.82, 2.24) is 4.98 Å². The van der Waals surface area contributed by atoms with Crippen LogP contribution in [-0.2, 0) is 6.42 Å². The summed E-state index contributed by atoms with van der Waals surface area (Å²) in [5.41, 5.74) is 0.0852. The van der Waals surface area contributed by atoms with E-state index in [0.29, 0.717) is 12.0 Å². The van der Waals surface area contributed by atoms with Gasteiger partial charge in [0.25, 0.3) is 5.56 Å². The number of aromatic nitrogens is 1. The van der Waals surface area contributed by atoms with Crippen LogP contribution in [0.3, 0.4) is 0 Å². The average molecular weight is 197 g/mol. The van der Waals surface area contributed by atoms with E-state index in [9.17, 15) is 9.59 Å². The molecule has 0 unspecified atom stereocenters. The first-order chi connectivity index (χ1) is 6.61. The van der Waals surface area contributed by atoms with Crippen LogP contribution in [0.5, 0.6) is 5.75 Å². The summed E-state index contributed by atoms with van der Waals surface area (Å²) in [6.45, 7) is 1.77. The number of nitrogens with one attached hydrogen (secondary N) is 1. The van der Waals surface area contributed by atoms with Gasteiger partial charge in [-0.1, -0.05) is 6.92 Å². The molecule has 76 valence electrons. The van der Waals surface area contributed by atoms with E-state index < -0.39 is 11.5 Å². The maximum Gasteiger partial charge on any atom is 0.337 e. The van der Waals surface area contributed by atoms with Gasteiger partial charge in [0.1, 0.15) is 0 Å². The molecule has 0 atom stereocenters. The molecule has 5 heteroatoms. The summed E-state index contributed by atoms with van der Waals surface area (Å²) >= 11 is 0. The lowest BCUT2D eigenvalue weighted by atomic mass is 10.1. The van der Waals surface area contributed by atoms with Gasteiger partial charge in [-0.2, -0.15) is 0 Å². The Morgan fingerprint density at radius 1 is 1.64 bits per heavy atom. The summed E-state index contributed by atoms with van der Waals surface area (Å²) in [7, 11) is 1.34. The zero-order chi connectivity index (χ0) is 10.7. The van der Waals surface area contributed by atoms with Gasteiger partial charge in [-0.15, -0.1) is 0 Å². The number of hydrogen-bond acceptors (Lipinski definition) is 3. The summed E-state index contributed by atoms with van der Waals surface area (Å²) < 4.78 is 4.85. The van der Waals surface area contributed by atoms with Gasteiger partial charge in [0.05, 0.1) is 12.7 Å². The van der Waals surface area contributed by atoms with Gasteiger partial charge in [0.2, 0.25) is 0 Å². The number of H-pyrrole nitrogens is 1. The van der Waals surface area contributed by atoms with Gasteiger partial charge < -0.3 is 14.8 Å². The third-order valence-electron chi connectivity index (χ3n) is 1.94. The van der Waals surface area contributed by atoms with E-state index in [2.05, 4.69) is 4.98 Å². The van der Waals surface area contributed by atoms with Gasteiger partial charge in [-0.05, 0) is 6.42 Å². The topological polar surface area (TPSA) is 79.4 Å². The van der Waals surface area contributed by atoms with E-state index in [1.165, 1.54) is 13.3 Å². The maximum absolute atomic E-state index is 11.2. The molecular formula is C9H11NO4. The molecule has 0 fully saturated rings. The SMILES string of the molecule is CCc1c(C(=O)O)c[nH]c(=O)c1OC. The third-order valence-corrected chi connectivity index (χ3v) is 1.94. The molecule has 0 aromatic carbocycles. The maximum atomic E-state index is 11.2. The molecule has 0 spiro atoms. The van der Waals surface area contributed by atoms with Crippen LogP contribution in [0.4, 0.5) is 0 Å². The van der Waals surface area contributed by atoms with Crippen molar-refractivity contribution in [2.45, 2.75) is 13.3 Å². The second-order valence-electron chi connectivity index (χ2n) is 2.70. The number of aromatic amines is 1. The number of ether oxygens (including phenoxy) is 1. The quantitative estimate of drug-likeness (QED) is 0.745. The van der Waals surface area contributed by atoms with Crippen molar-refractivity contribution in [2.24, 2.45) is 0 Å². The molecule has 1 aromatic heterocycles. The van der Waals surface area contributed by atoms with Crippen molar-refractivity contribution in [2.75, 3.05) is 7.11 Å². The number of carboxylic acids is 1. The van der Waals surface area contributed by atoms with E-state index in [1.54, 1.807) is 6.92 Å². The molecule has 0 saturated heterocycles. The lowest BCUT2D eigenvalue weighted by molar-refractivity contribution is 0.0694. The van der Waals surface area contributed by atoms with Crippen LogP contribution in [0.15, 0.2) is 11.0 Å². The average Bonchev–Trinajstić information content (AvgIpc) is 2.16. The van der Waals surface area contributed by atoms with Crippen LogP contribution in [0.1, 0.15) is 22.8 Å². The van der Waals surface area contributed by atoms with Crippen molar-refractivity contribution in [3.8, 4) is 5.75 Å². The van der Waals surface area contributed by atoms with Crippen LogP contribution in [0.2, 0.25) is 0 Å². The van der Waals surface area contributed by atoms with E-state index >= 15 is 0 Å². The molecule has 0 amide bonds. The van der Waals surface area contributed by atoms with Crippen molar-refractivity contribution >= 4 is 5.97 Å². The van der Waals surface area contributed by atoms with Crippen LogP contribution in [0.25, 0.3) is 0 Å². The zero-order valence-corrected chi connectivity index (χ0v) is 7.96. The van der Waals surface area contributed by atoms with Crippen LogP contribution >= 0.6 is 0 Å². The van der Waals surface area contributed by atoms with E-state index in [4.69, 9.17) is 9.84 Å². The predicted octanol–water partition coefficient (Wildman–Crippen LogP) is 0.644. The van der Waals surface area contributed by atoms with Gasteiger partial charge in [0.15, 0.2) is 5.75 Å². The van der Waals surface area contributed by atoms with Gasteiger partial charge >= 0.3 is 5.97 Å². The summed E-state index contributed by atoms with van der Waals surface area (Å²) in [4.78, 5) is 24.3.